The maximum Gasteiger partial charge on any atom is 0.279 e. The van der Waals surface area contributed by atoms with Crippen LogP contribution >= 0.6 is 0 Å². The first kappa shape index (κ1) is 20.4. The predicted molar refractivity (Wildman–Crippen MR) is 120 cm³/mol. The molecule has 0 aliphatic carbocycles. The number of aromatic nitrogens is 3. The molecule has 4 rings (SSSR count). The summed E-state index contributed by atoms with van der Waals surface area (Å²) in [5.41, 5.74) is 0.507. The third kappa shape index (κ3) is 4.19. The lowest BCUT2D eigenvalue weighted by atomic mass is 10.2. The van der Waals surface area contributed by atoms with Crippen molar-refractivity contribution in [3.05, 3.63) is 87.6 Å². The summed E-state index contributed by atoms with van der Waals surface area (Å²) in [6.45, 7) is 0.922. The van der Waals surface area contributed by atoms with Gasteiger partial charge in [0.2, 0.25) is 0 Å². The molecule has 0 aliphatic rings. The molecule has 0 radical (unpaired) electrons. The first-order valence-corrected chi connectivity index (χ1v) is 9.75. The third-order valence-corrected chi connectivity index (χ3v) is 4.82. The Balaban J connectivity index is 1.78. The molecule has 8 nitrogen and oxygen atoms in total. The Morgan fingerprint density at radius 1 is 0.903 bits per heavy atom. The van der Waals surface area contributed by atoms with E-state index in [2.05, 4.69) is 10.4 Å². The van der Waals surface area contributed by atoms with E-state index in [-0.39, 0.29) is 11.1 Å². The number of aryl methyl sites for hydroxylation is 1. The fourth-order valence-electron chi connectivity index (χ4n) is 3.20. The van der Waals surface area contributed by atoms with Crippen LogP contribution in [0.2, 0.25) is 0 Å². The van der Waals surface area contributed by atoms with Gasteiger partial charge in [-0.15, -0.1) is 5.10 Å². The van der Waals surface area contributed by atoms with Crippen molar-refractivity contribution in [2.24, 2.45) is 7.05 Å². The van der Waals surface area contributed by atoms with Gasteiger partial charge < -0.3 is 19.4 Å². The minimum absolute atomic E-state index is 0.191. The summed E-state index contributed by atoms with van der Waals surface area (Å²) in [6, 6.07) is 17.7. The van der Waals surface area contributed by atoms with Gasteiger partial charge in [-0.25, -0.2) is 0 Å². The maximum absolute atomic E-state index is 13.1. The van der Waals surface area contributed by atoms with Gasteiger partial charge in [0.25, 0.3) is 11.1 Å². The van der Waals surface area contributed by atoms with Gasteiger partial charge in [0, 0.05) is 25.7 Å². The van der Waals surface area contributed by atoms with Crippen LogP contribution in [0.3, 0.4) is 0 Å². The lowest BCUT2D eigenvalue weighted by Gasteiger charge is -2.13. The summed E-state index contributed by atoms with van der Waals surface area (Å²) in [5.74, 6) is 1.08. The van der Waals surface area contributed by atoms with Crippen molar-refractivity contribution >= 4 is 22.3 Å². The number of hydrogen-bond acceptors (Lipinski definition) is 6. The Bertz CT molecular complexity index is 1330. The highest BCUT2D eigenvalue weighted by Gasteiger charge is 2.13. The quantitative estimate of drug-likeness (QED) is 0.465. The minimum Gasteiger partial charge on any atom is -0.491 e. The molecule has 0 unspecified atom stereocenters. The second kappa shape index (κ2) is 8.85. The molecule has 0 saturated carbocycles. The van der Waals surface area contributed by atoms with E-state index in [9.17, 15) is 9.59 Å². The van der Waals surface area contributed by atoms with Crippen LogP contribution in [0, 0.1) is 0 Å². The van der Waals surface area contributed by atoms with Crippen LogP contribution in [0.5, 0.6) is 5.75 Å². The molecule has 0 fully saturated rings. The van der Waals surface area contributed by atoms with E-state index in [0.29, 0.717) is 46.9 Å². The summed E-state index contributed by atoms with van der Waals surface area (Å²) in [4.78, 5) is 25.6. The number of nitrogens with zero attached hydrogens (tertiary/aromatic N) is 3. The second-order valence-electron chi connectivity index (χ2n) is 6.91. The molecule has 158 valence electrons. The van der Waals surface area contributed by atoms with Gasteiger partial charge in [0.1, 0.15) is 18.0 Å². The standard InChI is InChI=1S/C23H22N4O4/c1-26-13-5-8-20(23(26)29)24-21-18-6-3-4-7-19(18)22(28)27(25-21)16-9-11-17(12-10-16)31-15-14-30-2/h3-13H,14-15H2,1-2H3,(H,24,25). The average Bonchev–Trinajstić information content (AvgIpc) is 2.79. The molecule has 0 spiro atoms. The highest BCUT2D eigenvalue weighted by molar-refractivity contribution is 5.92. The Hall–Kier alpha value is -3.91. The fraction of sp³-hybridized carbons (Fsp3) is 0.174. The van der Waals surface area contributed by atoms with E-state index in [1.54, 1.807) is 75.0 Å². The van der Waals surface area contributed by atoms with Gasteiger partial charge in [-0.1, -0.05) is 18.2 Å². The van der Waals surface area contributed by atoms with Gasteiger partial charge >= 0.3 is 0 Å². The summed E-state index contributed by atoms with van der Waals surface area (Å²) in [6.07, 6.45) is 1.68. The van der Waals surface area contributed by atoms with Gasteiger partial charge in [0.05, 0.1) is 17.7 Å². The number of hydrogen-bond donors (Lipinski definition) is 1. The summed E-state index contributed by atoms with van der Waals surface area (Å²) in [5, 5.41) is 8.75. The molecular weight excluding hydrogens is 396 g/mol. The molecule has 0 bridgehead atoms. The van der Waals surface area contributed by atoms with E-state index in [4.69, 9.17) is 9.47 Å². The van der Waals surface area contributed by atoms with Crippen molar-refractivity contribution in [1.29, 1.82) is 0 Å². The van der Waals surface area contributed by atoms with Gasteiger partial charge in [-0.05, 0) is 42.5 Å². The van der Waals surface area contributed by atoms with Crippen molar-refractivity contribution in [3.8, 4) is 11.4 Å². The topological polar surface area (TPSA) is 87.4 Å². The number of fused-ring (bicyclic) bond motifs is 1. The van der Waals surface area contributed by atoms with E-state index in [1.807, 2.05) is 6.07 Å². The normalized spacial score (nSPS) is 10.9. The third-order valence-electron chi connectivity index (χ3n) is 4.82. The number of nitrogens with one attached hydrogen (secondary N) is 1. The Morgan fingerprint density at radius 2 is 1.65 bits per heavy atom. The molecule has 2 aromatic heterocycles. The number of rotatable bonds is 7. The molecule has 0 aliphatic heterocycles. The van der Waals surface area contributed by atoms with Crippen LogP contribution in [0.25, 0.3) is 16.5 Å². The predicted octanol–water partition coefficient (Wildman–Crippen LogP) is 2.85. The second-order valence-corrected chi connectivity index (χ2v) is 6.91. The molecule has 2 heterocycles. The van der Waals surface area contributed by atoms with Crippen LogP contribution in [-0.2, 0) is 11.8 Å². The number of ether oxygens (including phenoxy) is 2. The number of pyridine rings is 1. The zero-order valence-corrected chi connectivity index (χ0v) is 17.2. The smallest absolute Gasteiger partial charge is 0.279 e. The first-order chi connectivity index (χ1) is 15.1. The molecule has 8 heteroatoms. The maximum atomic E-state index is 13.1. The summed E-state index contributed by atoms with van der Waals surface area (Å²) >= 11 is 0. The minimum atomic E-state index is -0.254. The monoisotopic (exact) mass is 418 g/mol. The van der Waals surface area contributed by atoms with Crippen LogP contribution < -0.4 is 21.2 Å². The average molecular weight is 418 g/mol. The summed E-state index contributed by atoms with van der Waals surface area (Å²) in [7, 11) is 3.29. The molecule has 0 atom stereocenters. The van der Waals surface area contributed by atoms with E-state index in [0.717, 1.165) is 0 Å². The highest BCUT2D eigenvalue weighted by Crippen LogP contribution is 2.22. The van der Waals surface area contributed by atoms with Crippen LogP contribution in [0.15, 0.2) is 76.4 Å². The number of benzene rings is 2. The van der Waals surface area contributed by atoms with Crippen LogP contribution in [0.4, 0.5) is 11.5 Å². The van der Waals surface area contributed by atoms with E-state index >= 15 is 0 Å². The van der Waals surface area contributed by atoms with Gasteiger partial charge in [0.15, 0.2) is 5.82 Å². The van der Waals surface area contributed by atoms with Crippen LogP contribution in [-0.4, -0.2) is 34.7 Å². The first-order valence-electron chi connectivity index (χ1n) is 9.75. The van der Waals surface area contributed by atoms with E-state index < -0.39 is 0 Å². The zero-order valence-electron chi connectivity index (χ0n) is 17.2. The molecule has 1 N–H and O–H groups in total. The van der Waals surface area contributed by atoms with Crippen molar-refractivity contribution < 1.29 is 9.47 Å². The van der Waals surface area contributed by atoms with Gasteiger partial charge in [-0.3, -0.25) is 9.59 Å². The van der Waals surface area contributed by atoms with Gasteiger partial charge in [-0.2, -0.15) is 4.68 Å². The lowest BCUT2D eigenvalue weighted by molar-refractivity contribution is 0.146. The molecule has 0 amide bonds. The Kier molecular flexibility index (Phi) is 5.81. The summed E-state index contributed by atoms with van der Waals surface area (Å²) < 4.78 is 13.4. The molecule has 31 heavy (non-hydrogen) atoms. The van der Waals surface area contributed by atoms with Crippen molar-refractivity contribution in [3.63, 3.8) is 0 Å². The zero-order chi connectivity index (χ0) is 21.8. The van der Waals surface area contributed by atoms with Crippen LogP contribution in [0.1, 0.15) is 0 Å². The fourth-order valence-corrected chi connectivity index (χ4v) is 3.20. The Labute approximate surface area is 178 Å². The molecule has 0 saturated heterocycles. The lowest BCUT2D eigenvalue weighted by Crippen LogP contribution is -2.24. The highest BCUT2D eigenvalue weighted by atomic mass is 16.5. The SMILES string of the molecule is COCCOc1ccc(-n2nc(Nc3cccn(C)c3=O)c3ccccc3c2=O)cc1. The Morgan fingerprint density at radius 3 is 2.39 bits per heavy atom. The van der Waals surface area contributed by atoms with Crippen molar-refractivity contribution in [2.45, 2.75) is 0 Å². The largest absolute Gasteiger partial charge is 0.491 e. The number of anilines is 2. The molecule has 2 aromatic carbocycles. The number of methoxy groups -OCH3 is 1. The van der Waals surface area contributed by atoms with Crippen molar-refractivity contribution in [2.75, 3.05) is 25.6 Å². The molecule has 4 aromatic rings. The molecular formula is C23H22N4O4. The van der Waals surface area contributed by atoms with Crippen molar-refractivity contribution in [1.82, 2.24) is 14.3 Å². The van der Waals surface area contributed by atoms with E-state index in [1.165, 1.54) is 9.25 Å².